The highest BCUT2D eigenvalue weighted by atomic mass is 32.2. The van der Waals surface area contributed by atoms with Crippen molar-refractivity contribution in [1.82, 2.24) is 5.32 Å². The molecule has 1 heterocycles. The van der Waals surface area contributed by atoms with Crippen LogP contribution in [0.5, 0.6) is 0 Å². The Morgan fingerprint density at radius 2 is 2.17 bits per heavy atom. The molecule has 98 valence electrons. The molecule has 2 rings (SSSR count). The number of amides is 1. The number of rotatable bonds is 2. The maximum absolute atomic E-state index is 12.2. The van der Waals surface area contributed by atoms with Crippen LogP contribution in [0, 0.1) is 13.8 Å². The summed E-state index contributed by atoms with van der Waals surface area (Å²) in [5.74, 6) is 2.24. The summed E-state index contributed by atoms with van der Waals surface area (Å²) in [5, 5.41) is 3.11. The molecule has 1 aliphatic heterocycles. The van der Waals surface area contributed by atoms with Crippen molar-refractivity contribution in [3.05, 3.63) is 28.8 Å². The molecule has 0 radical (unpaired) electrons. The van der Waals surface area contributed by atoms with Crippen molar-refractivity contribution >= 4 is 23.4 Å². The number of anilines is 1. The summed E-state index contributed by atoms with van der Waals surface area (Å²) < 4.78 is 0. The topological polar surface area (TPSA) is 55.1 Å². The first kappa shape index (κ1) is 13.3. The van der Waals surface area contributed by atoms with Crippen LogP contribution in [-0.4, -0.2) is 23.5 Å². The largest absolute Gasteiger partial charge is 0.398 e. The Kier molecular flexibility index (Phi) is 4.17. The van der Waals surface area contributed by atoms with E-state index in [1.807, 2.05) is 31.7 Å². The first-order valence-corrected chi connectivity index (χ1v) is 7.48. The van der Waals surface area contributed by atoms with E-state index in [1.54, 1.807) is 6.07 Å². The second-order valence-corrected chi connectivity index (χ2v) is 6.06. The van der Waals surface area contributed by atoms with Crippen molar-refractivity contribution in [2.45, 2.75) is 32.7 Å². The van der Waals surface area contributed by atoms with Crippen LogP contribution in [0.15, 0.2) is 12.1 Å². The summed E-state index contributed by atoms with van der Waals surface area (Å²) in [7, 11) is 0. The second kappa shape index (κ2) is 5.65. The van der Waals surface area contributed by atoms with E-state index in [9.17, 15) is 4.79 Å². The van der Waals surface area contributed by atoms with Crippen molar-refractivity contribution in [3.63, 3.8) is 0 Å². The SMILES string of the molecule is Cc1cc(C)c(C(=O)NC2CCCSC2)cc1N. The summed E-state index contributed by atoms with van der Waals surface area (Å²) in [6.45, 7) is 3.92. The lowest BCUT2D eigenvalue weighted by molar-refractivity contribution is 0.0938. The van der Waals surface area contributed by atoms with Crippen molar-refractivity contribution in [1.29, 1.82) is 0 Å². The van der Waals surface area contributed by atoms with Gasteiger partial charge in [0.25, 0.3) is 5.91 Å². The number of thioether (sulfide) groups is 1. The van der Waals surface area contributed by atoms with Gasteiger partial charge in [0.1, 0.15) is 0 Å². The van der Waals surface area contributed by atoms with Crippen LogP contribution in [0.2, 0.25) is 0 Å². The molecule has 1 saturated heterocycles. The van der Waals surface area contributed by atoms with E-state index in [0.717, 1.165) is 23.3 Å². The number of carbonyl (C=O) groups excluding carboxylic acids is 1. The summed E-state index contributed by atoms with van der Waals surface area (Å²) in [6.07, 6.45) is 2.27. The lowest BCUT2D eigenvalue weighted by atomic mass is 10.0. The minimum Gasteiger partial charge on any atom is -0.398 e. The smallest absolute Gasteiger partial charge is 0.251 e. The first-order chi connectivity index (χ1) is 8.58. The molecule has 1 aliphatic rings. The van der Waals surface area contributed by atoms with Crippen LogP contribution in [0.25, 0.3) is 0 Å². The maximum atomic E-state index is 12.2. The molecule has 0 spiro atoms. The van der Waals surface area contributed by atoms with Gasteiger partial charge in [-0.15, -0.1) is 0 Å². The van der Waals surface area contributed by atoms with E-state index in [0.29, 0.717) is 17.3 Å². The van der Waals surface area contributed by atoms with Crippen LogP contribution < -0.4 is 11.1 Å². The molecule has 1 aromatic rings. The predicted molar refractivity (Wildman–Crippen MR) is 78.1 cm³/mol. The molecule has 3 N–H and O–H groups in total. The average Bonchev–Trinajstić information content (AvgIpc) is 2.35. The lowest BCUT2D eigenvalue weighted by Crippen LogP contribution is -2.38. The van der Waals surface area contributed by atoms with Crippen LogP contribution in [-0.2, 0) is 0 Å². The van der Waals surface area contributed by atoms with Gasteiger partial charge >= 0.3 is 0 Å². The van der Waals surface area contributed by atoms with Crippen molar-refractivity contribution < 1.29 is 4.79 Å². The molecule has 0 bridgehead atoms. The number of nitrogens with two attached hydrogens (primary N) is 1. The van der Waals surface area contributed by atoms with E-state index in [-0.39, 0.29) is 5.91 Å². The van der Waals surface area contributed by atoms with Crippen molar-refractivity contribution in [3.8, 4) is 0 Å². The molecule has 1 fully saturated rings. The Hall–Kier alpha value is -1.16. The Balaban J connectivity index is 2.10. The number of hydrogen-bond donors (Lipinski definition) is 2. The number of hydrogen-bond acceptors (Lipinski definition) is 3. The molecule has 1 amide bonds. The Morgan fingerprint density at radius 3 is 2.83 bits per heavy atom. The standard InChI is InChI=1S/C14H20N2OS/c1-9-6-10(2)13(15)7-12(9)14(17)16-11-4-3-5-18-8-11/h6-7,11H,3-5,8,15H2,1-2H3,(H,16,17). The molecule has 1 aromatic carbocycles. The first-order valence-electron chi connectivity index (χ1n) is 6.33. The number of aryl methyl sites for hydroxylation is 2. The van der Waals surface area contributed by atoms with E-state index in [2.05, 4.69) is 5.32 Å². The van der Waals surface area contributed by atoms with Crippen molar-refractivity contribution in [2.75, 3.05) is 17.2 Å². The average molecular weight is 264 g/mol. The minimum absolute atomic E-state index is 0.00620. The molecule has 0 aromatic heterocycles. The maximum Gasteiger partial charge on any atom is 0.251 e. The highest BCUT2D eigenvalue weighted by Crippen LogP contribution is 2.20. The molecule has 1 atom stereocenters. The second-order valence-electron chi connectivity index (χ2n) is 4.91. The van der Waals surface area contributed by atoms with Gasteiger partial charge < -0.3 is 11.1 Å². The monoisotopic (exact) mass is 264 g/mol. The molecule has 18 heavy (non-hydrogen) atoms. The molecular weight excluding hydrogens is 244 g/mol. The summed E-state index contributed by atoms with van der Waals surface area (Å²) in [6, 6.07) is 4.06. The van der Waals surface area contributed by atoms with Gasteiger partial charge in [0.15, 0.2) is 0 Å². The fraction of sp³-hybridized carbons (Fsp3) is 0.500. The number of nitrogen functional groups attached to an aromatic ring is 1. The van der Waals surface area contributed by atoms with Gasteiger partial charge in [0.2, 0.25) is 0 Å². The number of carbonyl (C=O) groups is 1. The van der Waals surface area contributed by atoms with Gasteiger partial charge in [0, 0.05) is 23.0 Å². The van der Waals surface area contributed by atoms with E-state index < -0.39 is 0 Å². The zero-order chi connectivity index (χ0) is 13.1. The Morgan fingerprint density at radius 1 is 1.39 bits per heavy atom. The molecular formula is C14H20N2OS. The fourth-order valence-corrected chi connectivity index (χ4v) is 3.30. The normalized spacial score (nSPS) is 19.6. The molecule has 0 aliphatic carbocycles. The zero-order valence-electron chi connectivity index (χ0n) is 11.0. The highest BCUT2D eigenvalue weighted by molar-refractivity contribution is 7.99. The van der Waals surface area contributed by atoms with E-state index in [4.69, 9.17) is 5.73 Å². The van der Waals surface area contributed by atoms with Crippen LogP contribution in [0.4, 0.5) is 5.69 Å². The highest BCUT2D eigenvalue weighted by Gasteiger charge is 2.18. The third-order valence-electron chi connectivity index (χ3n) is 3.35. The predicted octanol–water partition coefficient (Wildman–Crippen LogP) is 2.51. The van der Waals surface area contributed by atoms with Crippen LogP contribution >= 0.6 is 11.8 Å². The van der Waals surface area contributed by atoms with E-state index >= 15 is 0 Å². The third-order valence-corrected chi connectivity index (χ3v) is 4.57. The van der Waals surface area contributed by atoms with Gasteiger partial charge in [-0.2, -0.15) is 11.8 Å². The Labute approximate surface area is 113 Å². The minimum atomic E-state index is 0.00620. The lowest BCUT2D eigenvalue weighted by Gasteiger charge is -2.23. The van der Waals surface area contributed by atoms with E-state index in [1.165, 1.54) is 12.2 Å². The molecule has 0 saturated carbocycles. The molecule has 1 unspecified atom stereocenters. The molecule has 3 nitrogen and oxygen atoms in total. The quantitative estimate of drug-likeness (QED) is 0.807. The third kappa shape index (κ3) is 2.99. The Bertz CT molecular complexity index is 453. The number of nitrogens with one attached hydrogen (secondary N) is 1. The number of benzene rings is 1. The van der Waals surface area contributed by atoms with Crippen molar-refractivity contribution in [2.24, 2.45) is 0 Å². The van der Waals surface area contributed by atoms with Crippen LogP contribution in [0.1, 0.15) is 34.3 Å². The molecule has 4 heteroatoms. The summed E-state index contributed by atoms with van der Waals surface area (Å²) in [4.78, 5) is 12.2. The zero-order valence-corrected chi connectivity index (χ0v) is 11.8. The van der Waals surface area contributed by atoms with Gasteiger partial charge in [-0.3, -0.25) is 4.79 Å². The van der Waals surface area contributed by atoms with Crippen LogP contribution in [0.3, 0.4) is 0 Å². The van der Waals surface area contributed by atoms with Gasteiger partial charge in [-0.1, -0.05) is 6.07 Å². The van der Waals surface area contributed by atoms with Gasteiger partial charge in [-0.25, -0.2) is 0 Å². The van der Waals surface area contributed by atoms with Gasteiger partial charge in [0.05, 0.1) is 0 Å². The fourth-order valence-electron chi connectivity index (χ4n) is 2.23. The van der Waals surface area contributed by atoms with Gasteiger partial charge in [-0.05, 0) is 49.6 Å². The summed E-state index contributed by atoms with van der Waals surface area (Å²) in [5.41, 5.74) is 9.28. The summed E-state index contributed by atoms with van der Waals surface area (Å²) >= 11 is 1.91.